The number of nitrogens with two attached hydrogens (primary N) is 1. The van der Waals surface area contributed by atoms with Gasteiger partial charge in [-0.25, -0.2) is 0 Å². The van der Waals surface area contributed by atoms with Crippen molar-refractivity contribution < 1.29 is 9.53 Å². The monoisotopic (exact) mass is 200 g/mol. The molecule has 0 saturated carbocycles. The smallest absolute Gasteiger partial charge is 0.225 e. The van der Waals surface area contributed by atoms with Gasteiger partial charge in [0.15, 0.2) is 0 Å². The van der Waals surface area contributed by atoms with E-state index in [9.17, 15) is 4.79 Å². The number of hydrogen-bond acceptors (Lipinski definition) is 3. The highest BCUT2D eigenvalue weighted by Crippen LogP contribution is 2.18. The van der Waals surface area contributed by atoms with Crippen LogP contribution in [0, 0.1) is 5.92 Å². The van der Waals surface area contributed by atoms with E-state index in [1.807, 2.05) is 20.8 Å². The number of carbonyl (C=O) groups excluding carboxylic acids is 1. The lowest BCUT2D eigenvalue weighted by Gasteiger charge is -2.20. The second-order valence-electron chi connectivity index (χ2n) is 4.78. The first-order valence-corrected chi connectivity index (χ1v) is 5.07. The van der Waals surface area contributed by atoms with Crippen LogP contribution in [0.5, 0.6) is 0 Å². The molecule has 1 amide bonds. The third-order valence-electron chi connectivity index (χ3n) is 2.29. The van der Waals surface area contributed by atoms with Crippen molar-refractivity contribution in [2.75, 3.05) is 13.2 Å². The van der Waals surface area contributed by atoms with E-state index >= 15 is 0 Å². The van der Waals surface area contributed by atoms with Gasteiger partial charge in [0.05, 0.1) is 18.6 Å². The maximum atomic E-state index is 11.6. The SMILES string of the molecule is CC1CC(C(=O)NCC(C)(C)N)CO1. The van der Waals surface area contributed by atoms with Crippen molar-refractivity contribution in [2.45, 2.75) is 38.8 Å². The van der Waals surface area contributed by atoms with Gasteiger partial charge >= 0.3 is 0 Å². The third kappa shape index (κ3) is 3.64. The van der Waals surface area contributed by atoms with E-state index in [4.69, 9.17) is 10.5 Å². The van der Waals surface area contributed by atoms with Gasteiger partial charge in [0.2, 0.25) is 5.91 Å². The van der Waals surface area contributed by atoms with Crippen LogP contribution in [0.4, 0.5) is 0 Å². The van der Waals surface area contributed by atoms with Crippen LogP contribution in [0.1, 0.15) is 27.2 Å². The van der Waals surface area contributed by atoms with Crippen LogP contribution in [0.3, 0.4) is 0 Å². The lowest BCUT2D eigenvalue weighted by Crippen LogP contribution is -2.46. The summed E-state index contributed by atoms with van der Waals surface area (Å²) in [5.74, 6) is 0.0697. The summed E-state index contributed by atoms with van der Waals surface area (Å²) < 4.78 is 5.33. The number of nitrogens with one attached hydrogen (secondary N) is 1. The molecule has 0 bridgehead atoms. The Morgan fingerprint density at radius 3 is 2.71 bits per heavy atom. The summed E-state index contributed by atoms with van der Waals surface area (Å²) in [5, 5.41) is 2.84. The van der Waals surface area contributed by atoms with Gasteiger partial charge in [-0.15, -0.1) is 0 Å². The number of amides is 1. The molecule has 2 unspecified atom stereocenters. The Balaban J connectivity index is 2.29. The van der Waals surface area contributed by atoms with Crippen LogP contribution < -0.4 is 11.1 Å². The van der Waals surface area contributed by atoms with Crippen LogP contribution in [0.15, 0.2) is 0 Å². The molecule has 3 N–H and O–H groups in total. The van der Waals surface area contributed by atoms with E-state index in [0.717, 1.165) is 6.42 Å². The summed E-state index contributed by atoms with van der Waals surface area (Å²) in [6.07, 6.45) is 1.02. The van der Waals surface area contributed by atoms with Crippen molar-refractivity contribution in [1.29, 1.82) is 0 Å². The van der Waals surface area contributed by atoms with Gasteiger partial charge in [0.1, 0.15) is 0 Å². The zero-order chi connectivity index (χ0) is 10.8. The summed E-state index contributed by atoms with van der Waals surface area (Å²) in [5.41, 5.74) is 5.42. The van der Waals surface area contributed by atoms with Crippen LogP contribution in [-0.2, 0) is 9.53 Å². The predicted molar refractivity (Wildman–Crippen MR) is 54.8 cm³/mol. The fourth-order valence-corrected chi connectivity index (χ4v) is 1.46. The molecule has 82 valence electrons. The van der Waals surface area contributed by atoms with Gasteiger partial charge in [-0.05, 0) is 27.2 Å². The van der Waals surface area contributed by atoms with Gasteiger partial charge in [-0.3, -0.25) is 4.79 Å². The minimum atomic E-state index is -0.346. The standard InChI is InChI=1S/C10H20N2O2/c1-7-4-8(5-14-7)9(13)12-6-10(2,3)11/h7-8H,4-6,11H2,1-3H3,(H,12,13). The molecule has 1 fully saturated rings. The number of hydrogen-bond donors (Lipinski definition) is 2. The molecular formula is C10H20N2O2. The lowest BCUT2D eigenvalue weighted by atomic mass is 10.0. The van der Waals surface area contributed by atoms with Crippen molar-refractivity contribution in [3.8, 4) is 0 Å². The lowest BCUT2D eigenvalue weighted by molar-refractivity contribution is -0.125. The molecule has 1 rings (SSSR count). The highest BCUT2D eigenvalue weighted by Gasteiger charge is 2.28. The number of rotatable bonds is 3. The maximum absolute atomic E-state index is 11.6. The van der Waals surface area contributed by atoms with E-state index in [2.05, 4.69) is 5.32 Å². The maximum Gasteiger partial charge on any atom is 0.225 e. The zero-order valence-electron chi connectivity index (χ0n) is 9.17. The largest absolute Gasteiger partial charge is 0.378 e. The highest BCUT2D eigenvalue weighted by molar-refractivity contribution is 5.79. The molecule has 0 aromatic heterocycles. The van der Waals surface area contributed by atoms with E-state index in [1.165, 1.54) is 0 Å². The predicted octanol–water partition coefficient (Wildman–Crippen LogP) is 0.265. The molecule has 14 heavy (non-hydrogen) atoms. The van der Waals surface area contributed by atoms with Crippen molar-refractivity contribution in [2.24, 2.45) is 11.7 Å². The topological polar surface area (TPSA) is 64.4 Å². The Hall–Kier alpha value is -0.610. The van der Waals surface area contributed by atoms with Crippen LogP contribution in [-0.4, -0.2) is 30.7 Å². The Kier molecular flexibility index (Phi) is 3.50. The zero-order valence-corrected chi connectivity index (χ0v) is 9.17. The van der Waals surface area contributed by atoms with Crippen molar-refractivity contribution in [1.82, 2.24) is 5.32 Å². The molecule has 1 aliphatic heterocycles. The molecular weight excluding hydrogens is 180 g/mol. The normalized spacial score (nSPS) is 27.7. The summed E-state index contributed by atoms with van der Waals surface area (Å²) in [4.78, 5) is 11.6. The molecule has 0 radical (unpaired) electrons. The minimum Gasteiger partial charge on any atom is -0.378 e. The second kappa shape index (κ2) is 4.28. The van der Waals surface area contributed by atoms with Crippen molar-refractivity contribution in [3.63, 3.8) is 0 Å². The van der Waals surface area contributed by atoms with E-state index in [-0.39, 0.29) is 23.5 Å². The second-order valence-corrected chi connectivity index (χ2v) is 4.78. The van der Waals surface area contributed by atoms with Gasteiger partial charge < -0.3 is 15.8 Å². The first kappa shape index (κ1) is 11.5. The van der Waals surface area contributed by atoms with Crippen molar-refractivity contribution >= 4 is 5.91 Å². The Morgan fingerprint density at radius 1 is 1.64 bits per heavy atom. The molecule has 4 heteroatoms. The van der Waals surface area contributed by atoms with Gasteiger partial charge in [-0.1, -0.05) is 0 Å². The van der Waals surface area contributed by atoms with Crippen LogP contribution in [0.25, 0.3) is 0 Å². The number of ether oxygens (including phenoxy) is 1. The van der Waals surface area contributed by atoms with Gasteiger partial charge in [0, 0.05) is 12.1 Å². The molecule has 2 atom stereocenters. The fraction of sp³-hybridized carbons (Fsp3) is 0.900. The van der Waals surface area contributed by atoms with Gasteiger partial charge in [-0.2, -0.15) is 0 Å². The molecule has 0 aliphatic carbocycles. The van der Waals surface area contributed by atoms with Crippen molar-refractivity contribution in [3.05, 3.63) is 0 Å². The van der Waals surface area contributed by atoms with Gasteiger partial charge in [0.25, 0.3) is 0 Å². The quantitative estimate of drug-likeness (QED) is 0.687. The molecule has 0 spiro atoms. The highest BCUT2D eigenvalue weighted by atomic mass is 16.5. The molecule has 4 nitrogen and oxygen atoms in total. The average molecular weight is 200 g/mol. The summed E-state index contributed by atoms with van der Waals surface area (Å²) in [6, 6.07) is 0. The third-order valence-corrected chi connectivity index (χ3v) is 2.29. The molecule has 0 aromatic rings. The first-order chi connectivity index (χ1) is 6.38. The summed E-state index contributed by atoms with van der Waals surface area (Å²) >= 11 is 0. The first-order valence-electron chi connectivity index (χ1n) is 5.07. The van der Waals surface area contributed by atoms with Crippen LogP contribution in [0.2, 0.25) is 0 Å². The number of carbonyl (C=O) groups is 1. The van der Waals surface area contributed by atoms with E-state index in [1.54, 1.807) is 0 Å². The minimum absolute atomic E-state index is 0.00681. The fourth-order valence-electron chi connectivity index (χ4n) is 1.46. The van der Waals surface area contributed by atoms with E-state index < -0.39 is 0 Å². The Labute approximate surface area is 85.2 Å². The molecule has 0 aromatic carbocycles. The van der Waals surface area contributed by atoms with E-state index in [0.29, 0.717) is 13.2 Å². The Bertz CT molecular complexity index is 211. The summed E-state index contributed by atoms with van der Waals surface area (Å²) in [7, 11) is 0. The molecule has 1 heterocycles. The Morgan fingerprint density at radius 2 is 2.29 bits per heavy atom. The molecule has 1 aliphatic rings. The summed E-state index contributed by atoms with van der Waals surface area (Å²) in [6.45, 7) is 6.82. The molecule has 1 saturated heterocycles. The average Bonchev–Trinajstić information content (AvgIpc) is 2.46. The van der Waals surface area contributed by atoms with Crippen LogP contribution >= 0.6 is 0 Å².